The zero-order valence-electron chi connectivity index (χ0n) is 14.1. The molecule has 25 heavy (non-hydrogen) atoms. The lowest BCUT2D eigenvalue weighted by Crippen LogP contribution is -2.29. The molecule has 0 spiro atoms. The van der Waals surface area contributed by atoms with Gasteiger partial charge >= 0.3 is 0 Å². The Morgan fingerprint density at radius 3 is 2.40 bits per heavy atom. The summed E-state index contributed by atoms with van der Waals surface area (Å²) in [6, 6.07) is 13.9. The first kappa shape index (κ1) is 16.7. The molecular formula is C20H19N3O2. The number of nitrogens with one attached hydrogen (secondary N) is 1. The van der Waals surface area contributed by atoms with Crippen molar-refractivity contribution in [3.63, 3.8) is 0 Å². The van der Waals surface area contributed by atoms with Crippen molar-refractivity contribution in [3.8, 4) is 6.07 Å². The van der Waals surface area contributed by atoms with Gasteiger partial charge in [-0.25, -0.2) is 0 Å². The summed E-state index contributed by atoms with van der Waals surface area (Å²) in [5.74, 6) is -0.342. The van der Waals surface area contributed by atoms with Gasteiger partial charge in [0.05, 0.1) is 22.9 Å². The van der Waals surface area contributed by atoms with Crippen LogP contribution in [0.25, 0.3) is 0 Å². The van der Waals surface area contributed by atoms with Crippen LogP contribution in [0.1, 0.15) is 44.7 Å². The molecule has 0 aromatic heterocycles. The van der Waals surface area contributed by atoms with Gasteiger partial charge in [0, 0.05) is 18.7 Å². The molecule has 0 atom stereocenters. The first-order valence-electron chi connectivity index (χ1n) is 8.30. The molecule has 2 aromatic rings. The lowest BCUT2D eigenvalue weighted by molar-refractivity contribution is 0.0794. The fourth-order valence-corrected chi connectivity index (χ4v) is 2.98. The number of nitriles is 1. The molecule has 5 heteroatoms. The number of rotatable bonds is 3. The van der Waals surface area contributed by atoms with E-state index in [-0.39, 0.29) is 11.8 Å². The highest BCUT2D eigenvalue weighted by Gasteiger charge is 2.23. The van der Waals surface area contributed by atoms with E-state index < -0.39 is 0 Å². The molecule has 1 aliphatic heterocycles. The van der Waals surface area contributed by atoms with Gasteiger partial charge in [-0.1, -0.05) is 12.1 Å². The van der Waals surface area contributed by atoms with Gasteiger partial charge in [-0.05, 0) is 55.7 Å². The third-order valence-electron chi connectivity index (χ3n) is 4.41. The van der Waals surface area contributed by atoms with Gasteiger partial charge < -0.3 is 10.2 Å². The zero-order valence-corrected chi connectivity index (χ0v) is 14.1. The van der Waals surface area contributed by atoms with Crippen molar-refractivity contribution in [1.82, 2.24) is 4.90 Å². The average Bonchev–Trinajstić information content (AvgIpc) is 3.17. The molecule has 1 N–H and O–H groups in total. The van der Waals surface area contributed by atoms with Crippen LogP contribution in [0, 0.1) is 18.3 Å². The number of hydrogen-bond acceptors (Lipinski definition) is 3. The lowest BCUT2D eigenvalue weighted by atomic mass is 10.1. The maximum absolute atomic E-state index is 12.8. The molecule has 0 saturated carbocycles. The largest absolute Gasteiger partial charge is 0.339 e. The predicted molar refractivity (Wildman–Crippen MR) is 95.4 cm³/mol. The van der Waals surface area contributed by atoms with E-state index in [1.165, 1.54) is 0 Å². The summed E-state index contributed by atoms with van der Waals surface area (Å²) in [7, 11) is 0. The smallest absolute Gasteiger partial charge is 0.255 e. The minimum absolute atomic E-state index is 0.0451. The Morgan fingerprint density at radius 2 is 1.76 bits per heavy atom. The molecule has 0 radical (unpaired) electrons. The van der Waals surface area contributed by atoms with Crippen LogP contribution in [0.3, 0.4) is 0 Å². The van der Waals surface area contributed by atoms with Crippen LogP contribution in [0.15, 0.2) is 42.5 Å². The average molecular weight is 333 g/mol. The number of benzene rings is 2. The highest BCUT2D eigenvalue weighted by atomic mass is 16.2. The standard InChI is InChI=1S/C20H19N3O2/c1-14-5-4-6-17(20(25)23-11-2-3-12-23)18(14)22-19(24)16-9-7-15(13-21)8-10-16/h4-10H,2-3,11-12H2,1H3,(H,22,24). The van der Waals surface area contributed by atoms with Crippen LogP contribution < -0.4 is 5.32 Å². The van der Waals surface area contributed by atoms with Crippen molar-refractivity contribution in [2.24, 2.45) is 0 Å². The molecule has 2 aromatic carbocycles. The molecule has 5 nitrogen and oxygen atoms in total. The Labute approximate surface area is 146 Å². The highest BCUT2D eigenvalue weighted by Crippen LogP contribution is 2.24. The van der Waals surface area contributed by atoms with Gasteiger partial charge in [-0.15, -0.1) is 0 Å². The first-order valence-corrected chi connectivity index (χ1v) is 8.30. The predicted octanol–water partition coefficient (Wildman–Crippen LogP) is 3.36. The van der Waals surface area contributed by atoms with E-state index in [4.69, 9.17) is 5.26 Å². The van der Waals surface area contributed by atoms with Crippen molar-refractivity contribution in [2.45, 2.75) is 19.8 Å². The number of nitrogens with zero attached hydrogens (tertiary/aromatic N) is 2. The molecule has 2 amide bonds. The van der Waals surface area contributed by atoms with E-state index in [9.17, 15) is 9.59 Å². The molecule has 0 bridgehead atoms. The lowest BCUT2D eigenvalue weighted by Gasteiger charge is -2.19. The molecule has 1 heterocycles. The summed E-state index contributed by atoms with van der Waals surface area (Å²) in [6.45, 7) is 3.39. The molecule has 0 unspecified atom stereocenters. The Bertz CT molecular complexity index is 844. The van der Waals surface area contributed by atoms with Crippen LogP contribution in [0.4, 0.5) is 5.69 Å². The van der Waals surface area contributed by atoms with E-state index in [2.05, 4.69) is 5.32 Å². The maximum atomic E-state index is 12.8. The van der Waals surface area contributed by atoms with Crippen LogP contribution in [0.2, 0.25) is 0 Å². The number of aryl methyl sites for hydroxylation is 1. The van der Waals surface area contributed by atoms with Crippen molar-refractivity contribution in [2.75, 3.05) is 18.4 Å². The summed E-state index contributed by atoms with van der Waals surface area (Å²) >= 11 is 0. The number of para-hydroxylation sites is 1. The Balaban J connectivity index is 1.87. The third-order valence-corrected chi connectivity index (χ3v) is 4.41. The van der Waals surface area contributed by atoms with Gasteiger partial charge in [0.2, 0.25) is 0 Å². The maximum Gasteiger partial charge on any atom is 0.255 e. The van der Waals surface area contributed by atoms with Crippen molar-refractivity contribution in [3.05, 3.63) is 64.7 Å². The molecule has 126 valence electrons. The summed E-state index contributed by atoms with van der Waals surface area (Å²) in [5, 5.41) is 11.7. The van der Waals surface area contributed by atoms with Gasteiger partial charge in [-0.2, -0.15) is 5.26 Å². The monoisotopic (exact) mass is 333 g/mol. The summed E-state index contributed by atoms with van der Waals surface area (Å²) in [5.41, 5.74) is 2.85. The Kier molecular flexibility index (Phi) is 4.80. The number of anilines is 1. The first-order chi connectivity index (χ1) is 12.1. The van der Waals surface area contributed by atoms with E-state index in [1.807, 2.05) is 30.0 Å². The fourth-order valence-electron chi connectivity index (χ4n) is 2.98. The second-order valence-electron chi connectivity index (χ2n) is 6.14. The van der Waals surface area contributed by atoms with Crippen molar-refractivity contribution in [1.29, 1.82) is 5.26 Å². The quantitative estimate of drug-likeness (QED) is 0.936. The topological polar surface area (TPSA) is 73.2 Å². The number of hydrogen-bond donors (Lipinski definition) is 1. The highest BCUT2D eigenvalue weighted by molar-refractivity contribution is 6.09. The van der Waals surface area contributed by atoms with Gasteiger partial charge in [0.1, 0.15) is 0 Å². The molecule has 1 fully saturated rings. The molecule has 3 rings (SSSR count). The van der Waals surface area contributed by atoms with Crippen LogP contribution in [0.5, 0.6) is 0 Å². The van der Waals surface area contributed by atoms with E-state index in [1.54, 1.807) is 30.3 Å². The van der Waals surface area contributed by atoms with Gasteiger partial charge in [0.15, 0.2) is 0 Å². The third kappa shape index (κ3) is 3.53. The minimum atomic E-state index is -0.297. The zero-order chi connectivity index (χ0) is 17.8. The summed E-state index contributed by atoms with van der Waals surface area (Å²) < 4.78 is 0. The van der Waals surface area contributed by atoms with Crippen molar-refractivity contribution >= 4 is 17.5 Å². The molecule has 1 aliphatic rings. The van der Waals surface area contributed by atoms with Gasteiger partial charge in [0.25, 0.3) is 11.8 Å². The Morgan fingerprint density at radius 1 is 1.08 bits per heavy atom. The SMILES string of the molecule is Cc1cccc(C(=O)N2CCCC2)c1NC(=O)c1ccc(C#N)cc1. The number of carbonyl (C=O) groups is 2. The normalized spacial score (nSPS) is 13.4. The molecule has 1 saturated heterocycles. The number of carbonyl (C=O) groups excluding carboxylic acids is 2. The van der Waals surface area contributed by atoms with Crippen molar-refractivity contribution < 1.29 is 9.59 Å². The molecule has 0 aliphatic carbocycles. The van der Waals surface area contributed by atoms with Crippen LogP contribution in [-0.4, -0.2) is 29.8 Å². The number of amides is 2. The van der Waals surface area contributed by atoms with Crippen LogP contribution in [-0.2, 0) is 0 Å². The second-order valence-corrected chi connectivity index (χ2v) is 6.14. The van der Waals surface area contributed by atoms with E-state index >= 15 is 0 Å². The number of likely N-dealkylation sites (tertiary alicyclic amines) is 1. The molecular weight excluding hydrogens is 314 g/mol. The van der Waals surface area contributed by atoms with Gasteiger partial charge in [-0.3, -0.25) is 9.59 Å². The van der Waals surface area contributed by atoms with E-state index in [0.29, 0.717) is 22.4 Å². The fraction of sp³-hybridized carbons (Fsp3) is 0.250. The summed E-state index contributed by atoms with van der Waals surface area (Å²) in [4.78, 5) is 27.1. The summed E-state index contributed by atoms with van der Waals surface area (Å²) in [6.07, 6.45) is 2.04. The Hall–Kier alpha value is -3.13. The minimum Gasteiger partial charge on any atom is -0.339 e. The van der Waals surface area contributed by atoms with E-state index in [0.717, 1.165) is 31.5 Å². The van der Waals surface area contributed by atoms with Crippen LogP contribution >= 0.6 is 0 Å². The second kappa shape index (κ2) is 7.18.